The SMILES string of the molecule is OC(CC1(OC(F)(F)F)C=CC=CC1)(C1CCOCC1)C1CNCCO1. The minimum atomic E-state index is -4.79. The zero-order valence-corrected chi connectivity index (χ0v) is 14.6. The van der Waals surface area contributed by atoms with Crippen molar-refractivity contribution in [1.29, 1.82) is 0 Å². The third-order valence-corrected chi connectivity index (χ3v) is 5.43. The predicted octanol–water partition coefficient (Wildman–Crippen LogP) is 2.31. The first-order valence-electron chi connectivity index (χ1n) is 9.07. The lowest BCUT2D eigenvalue weighted by Gasteiger charge is -2.49. The molecule has 0 amide bonds. The summed E-state index contributed by atoms with van der Waals surface area (Å²) in [7, 11) is 0. The van der Waals surface area contributed by atoms with Crippen molar-refractivity contribution in [3.05, 3.63) is 24.3 Å². The number of hydrogen-bond donors (Lipinski definition) is 2. The Morgan fingerprint density at radius 2 is 1.96 bits per heavy atom. The Labute approximate surface area is 151 Å². The molecule has 2 aliphatic heterocycles. The van der Waals surface area contributed by atoms with Crippen LogP contribution in [0.2, 0.25) is 0 Å². The number of aliphatic hydroxyl groups is 1. The van der Waals surface area contributed by atoms with Crippen LogP contribution in [0.25, 0.3) is 0 Å². The van der Waals surface area contributed by atoms with E-state index in [0.29, 0.717) is 45.8 Å². The minimum absolute atomic E-state index is 0.0503. The van der Waals surface area contributed by atoms with Gasteiger partial charge in [0.25, 0.3) is 0 Å². The second-order valence-corrected chi connectivity index (χ2v) is 7.22. The number of morpholine rings is 1. The van der Waals surface area contributed by atoms with Crippen molar-refractivity contribution in [3.8, 4) is 0 Å². The van der Waals surface area contributed by atoms with Crippen molar-refractivity contribution in [1.82, 2.24) is 5.32 Å². The van der Waals surface area contributed by atoms with Crippen molar-refractivity contribution < 1.29 is 32.5 Å². The maximum atomic E-state index is 13.1. The third kappa shape index (κ3) is 4.67. The Balaban J connectivity index is 1.89. The highest BCUT2D eigenvalue weighted by molar-refractivity contribution is 5.21. The highest BCUT2D eigenvalue weighted by atomic mass is 19.4. The molecule has 3 atom stereocenters. The average molecular weight is 377 g/mol. The Hall–Kier alpha value is -0.930. The predicted molar refractivity (Wildman–Crippen MR) is 88.5 cm³/mol. The van der Waals surface area contributed by atoms with Gasteiger partial charge in [-0.05, 0) is 25.2 Å². The van der Waals surface area contributed by atoms with Crippen molar-refractivity contribution in [2.45, 2.75) is 49.4 Å². The molecule has 0 aromatic rings. The molecular formula is C18H26F3NO4. The Kier molecular flexibility index (Phi) is 6.08. The van der Waals surface area contributed by atoms with Gasteiger partial charge in [0.05, 0.1) is 18.3 Å². The lowest BCUT2D eigenvalue weighted by molar-refractivity contribution is -0.365. The molecule has 2 N–H and O–H groups in total. The highest BCUT2D eigenvalue weighted by Crippen LogP contribution is 2.44. The van der Waals surface area contributed by atoms with Crippen LogP contribution in [-0.2, 0) is 14.2 Å². The molecule has 8 heteroatoms. The molecule has 0 spiro atoms. The molecule has 0 radical (unpaired) electrons. The molecule has 3 rings (SSSR count). The van der Waals surface area contributed by atoms with Crippen molar-refractivity contribution in [2.75, 3.05) is 32.9 Å². The van der Waals surface area contributed by atoms with E-state index in [1.54, 1.807) is 18.2 Å². The monoisotopic (exact) mass is 377 g/mol. The molecule has 2 saturated heterocycles. The van der Waals surface area contributed by atoms with Crippen LogP contribution in [0.15, 0.2) is 24.3 Å². The summed E-state index contributed by atoms with van der Waals surface area (Å²) in [5.41, 5.74) is -3.08. The lowest BCUT2D eigenvalue weighted by atomic mass is 9.70. The smallest absolute Gasteiger partial charge is 0.387 e. The van der Waals surface area contributed by atoms with Crippen LogP contribution in [0.4, 0.5) is 13.2 Å². The van der Waals surface area contributed by atoms with E-state index in [4.69, 9.17) is 9.47 Å². The average Bonchev–Trinajstić information content (AvgIpc) is 2.62. The Morgan fingerprint density at radius 3 is 2.54 bits per heavy atom. The summed E-state index contributed by atoms with van der Waals surface area (Å²) in [4.78, 5) is 0. The van der Waals surface area contributed by atoms with Gasteiger partial charge in [0.1, 0.15) is 5.60 Å². The van der Waals surface area contributed by atoms with E-state index in [9.17, 15) is 18.3 Å². The molecule has 26 heavy (non-hydrogen) atoms. The van der Waals surface area contributed by atoms with E-state index in [1.165, 1.54) is 6.08 Å². The molecule has 0 aromatic heterocycles. The minimum Gasteiger partial charge on any atom is -0.387 e. The van der Waals surface area contributed by atoms with Gasteiger partial charge < -0.3 is 19.9 Å². The zero-order valence-electron chi connectivity index (χ0n) is 14.6. The zero-order chi connectivity index (χ0) is 18.7. The summed E-state index contributed by atoms with van der Waals surface area (Å²) in [5, 5.41) is 14.8. The van der Waals surface area contributed by atoms with Gasteiger partial charge in [0.2, 0.25) is 0 Å². The van der Waals surface area contributed by atoms with Crippen molar-refractivity contribution >= 4 is 0 Å². The van der Waals surface area contributed by atoms with Crippen LogP contribution in [0, 0.1) is 5.92 Å². The Morgan fingerprint density at radius 1 is 1.19 bits per heavy atom. The van der Waals surface area contributed by atoms with E-state index in [0.717, 1.165) is 0 Å². The highest BCUT2D eigenvalue weighted by Gasteiger charge is 2.53. The van der Waals surface area contributed by atoms with Crippen LogP contribution in [-0.4, -0.2) is 61.7 Å². The fourth-order valence-corrected chi connectivity index (χ4v) is 4.20. The van der Waals surface area contributed by atoms with Gasteiger partial charge in [-0.15, -0.1) is 13.2 Å². The quantitative estimate of drug-likeness (QED) is 0.770. The summed E-state index contributed by atoms with van der Waals surface area (Å²) in [6, 6.07) is 0. The van der Waals surface area contributed by atoms with Gasteiger partial charge in [-0.2, -0.15) is 0 Å². The van der Waals surface area contributed by atoms with E-state index in [2.05, 4.69) is 10.1 Å². The van der Waals surface area contributed by atoms with Crippen LogP contribution >= 0.6 is 0 Å². The van der Waals surface area contributed by atoms with Crippen LogP contribution in [0.5, 0.6) is 0 Å². The molecule has 2 heterocycles. The van der Waals surface area contributed by atoms with E-state index >= 15 is 0 Å². The molecular weight excluding hydrogens is 351 g/mol. The lowest BCUT2D eigenvalue weighted by Crippen LogP contribution is -2.61. The van der Waals surface area contributed by atoms with E-state index in [1.807, 2.05) is 0 Å². The normalized spacial score (nSPS) is 33.2. The van der Waals surface area contributed by atoms with Crippen LogP contribution in [0.1, 0.15) is 25.7 Å². The second kappa shape index (κ2) is 7.98. The number of alkyl halides is 3. The first kappa shape index (κ1) is 19.8. The number of allylic oxidation sites excluding steroid dienone is 2. The van der Waals surface area contributed by atoms with E-state index < -0.39 is 23.7 Å². The van der Waals surface area contributed by atoms with Gasteiger partial charge in [-0.3, -0.25) is 4.74 Å². The fourth-order valence-electron chi connectivity index (χ4n) is 4.20. The number of hydrogen-bond acceptors (Lipinski definition) is 5. The first-order valence-corrected chi connectivity index (χ1v) is 9.07. The summed E-state index contributed by atoms with van der Waals surface area (Å²) in [6.07, 6.45) is 1.91. The number of rotatable bonds is 5. The number of nitrogens with one attached hydrogen (secondary N) is 1. The largest absolute Gasteiger partial charge is 0.523 e. The molecule has 3 aliphatic rings. The first-order chi connectivity index (χ1) is 12.3. The van der Waals surface area contributed by atoms with E-state index in [-0.39, 0.29) is 18.8 Å². The molecule has 3 unspecified atom stereocenters. The van der Waals surface area contributed by atoms with Gasteiger partial charge in [-0.25, -0.2) is 0 Å². The summed E-state index contributed by atoms with van der Waals surface area (Å²) >= 11 is 0. The summed E-state index contributed by atoms with van der Waals surface area (Å²) in [6.45, 7) is 2.44. The van der Waals surface area contributed by atoms with Crippen molar-refractivity contribution in [2.24, 2.45) is 5.92 Å². The van der Waals surface area contributed by atoms with Gasteiger partial charge >= 0.3 is 6.36 Å². The summed E-state index contributed by atoms with van der Waals surface area (Å²) < 4.78 is 55.1. The number of ether oxygens (including phenoxy) is 3. The van der Waals surface area contributed by atoms with Gasteiger partial charge in [0.15, 0.2) is 0 Å². The standard InChI is InChI=1S/C18H26F3NO4/c19-18(20,21)26-16(6-2-1-3-7-16)13-17(23,14-4-9-24-10-5-14)15-12-22-8-11-25-15/h1-3,6,14-15,22-23H,4-5,7-13H2. The molecule has 0 aromatic carbocycles. The molecule has 0 saturated carbocycles. The number of halogens is 3. The van der Waals surface area contributed by atoms with Crippen molar-refractivity contribution in [3.63, 3.8) is 0 Å². The molecule has 1 aliphatic carbocycles. The van der Waals surface area contributed by atoms with Gasteiger partial charge in [0, 0.05) is 32.7 Å². The molecule has 2 fully saturated rings. The molecule has 0 bridgehead atoms. The van der Waals surface area contributed by atoms with Gasteiger partial charge in [-0.1, -0.05) is 24.3 Å². The second-order valence-electron chi connectivity index (χ2n) is 7.22. The topological polar surface area (TPSA) is 60.0 Å². The Bertz CT molecular complexity index is 507. The maximum Gasteiger partial charge on any atom is 0.523 e. The fraction of sp³-hybridized carbons (Fsp3) is 0.778. The summed E-state index contributed by atoms with van der Waals surface area (Å²) in [5.74, 6) is -0.214. The van der Waals surface area contributed by atoms with Crippen LogP contribution in [0.3, 0.4) is 0 Å². The third-order valence-electron chi connectivity index (χ3n) is 5.43. The van der Waals surface area contributed by atoms with Crippen LogP contribution < -0.4 is 5.32 Å². The molecule has 148 valence electrons. The maximum absolute atomic E-state index is 13.1. The molecule has 5 nitrogen and oxygen atoms in total.